The average Bonchev–Trinajstić information content (AvgIpc) is 3.54. The van der Waals surface area contributed by atoms with Crippen molar-refractivity contribution in [3.05, 3.63) is 70.6 Å². The summed E-state index contributed by atoms with van der Waals surface area (Å²) in [5.41, 5.74) is 10.3. The van der Waals surface area contributed by atoms with E-state index in [4.69, 9.17) is 26.8 Å². The van der Waals surface area contributed by atoms with Crippen LogP contribution in [0.3, 0.4) is 0 Å². The molecule has 2 aliphatic heterocycles. The van der Waals surface area contributed by atoms with Crippen LogP contribution in [0.5, 0.6) is 11.5 Å². The molecule has 1 aliphatic carbocycles. The Morgan fingerprint density at radius 1 is 1.02 bits per heavy atom. The normalized spacial score (nSPS) is 21.5. The standard InChI is InChI=1S/C36H45ClN8O3/c1-47-31-20-26-10-15-44(14-5-13-38)36(29(26)21-32(31)48-2)11-8-25(9-12-36)35(46)43-18-16-42(17-19-43)33-28-22-41-45(34(28)40-24-39-33)23-27-6-3-4-7-30(27)37/h3-4,6-7,20-22,24-25H,5,8-19,23,38H2,1-2H3/t25-,36+. The number of anilines is 1. The maximum Gasteiger partial charge on any atom is 0.225 e. The number of aromatic nitrogens is 4. The molecule has 4 heterocycles. The first-order chi connectivity index (χ1) is 23.5. The van der Waals surface area contributed by atoms with Gasteiger partial charge in [-0.05, 0) is 80.0 Å². The molecule has 2 N–H and O–H groups in total. The van der Waals surface area contributed by atoms with Gasteiger partial charge in [0.1, 0.15) is 12.1 Å². The molecule has 48 heavy (non-hydrogen) atoms. The lowest BCUT2D eigenvalue weighted by molar-refractivity contribution is -0.138. The Hall–Kier alpha value is -3.93. The fourth-order valence-corrected chi connectivity index (χ4v) is 8.37. The van der Waals surface area contributed by atoms with Crippen LogP contribution in [0.4, 0.5) is 5.82 Å². The van der Waals surface area contributed by atoms with Crippen LogP contribution in [0.2, 0.25) is 5.02 Å². The molecule has 0 radical (unpaired) electrons. The van der Waals surface area contributed by atoms with Gasteiger partial charge in [-0.2, -0.15) is 5.10 Å². The van der Waals surface area contributed by atoms with E-state index in [-0.39, 0.29) is 17.4 Å². The second kappa shape index (κ2) is 13.9. The highest BCUT2D eigenvalue weighted by Gasteiger charge is 2.47. The van der Waals surface area contributed by atoms with E-state index in [1.807, 2.05) is 35.1 Å². The van der Waals surface area contributed by atoms with E-state index < -0.39 is 0 Å². The molecule has 7 rings (SSSR count). The Balaban J connectivity index is 1.02. The van der Waals surface area contributed by atoms with Crippen LogP contribution in [0, 0.1) is 5.92 Å². The molecule has 1 amide bonds. The molecule has 1 spiro atoms. The smallest absolute Gasteiger partial charge is 0.225 e. The number of methoxy groups -OCH3 is 2. The number of carbonyl (C=O) groups excluding carboxylic acids is 1. The van der Waals surface area contributed by atoms with Gasteiger partial charge in [0, 0.05) is 55.7 Å². The third-order valence-corrected chi connectivity index (χ3v) is 11.1. The maximum atomic E-state index is 14.0. The topological polar surface area (TPSA) is 115 Å². The number of piperazine rings is 1. The van der Waals surface area contributed by atoms with E-state index in [0.717, 1.165) is 85.5 Å². The number of hydrogen-bond donors (Lipinski definition) is 1. The molecule has 2 fully saturated rings. The molecular formula is C36H45ClN8O3. The fourth-order valence-electron chi connectivity index (χ4n) is 8.17. The van der Waals surface area contributed by atoms with Crippen LogP contribution in [0.1, 0.15) is 48.8 Å². The summed E-state index contributed by atoms with van der Waals surface area (Å²) in [7, 11) is 3.39. The lowest BCUT2D eigenvalue weighted by atomic mass is 9.68. The number of fused-ring (bicyclic) bond motifs is 3. The largest absolute Gasteiger partial charge is 0.493 e. The van der Waals surface area contributed by atoms with Crippen molar-refractivity contribution < 1.29 is 14.3 Å². The summed E-state index contributed by atoms with van der Waals surface area (Å²) in [5, 5.41) is 6.23. The van der Waals surface area contributed by atoms with E-state index >= 15 is 0 Å². The van der Waals surface area contributed by atoms with Crippen molar-refractivity contribution >= 4 is 34.4 Å². The monoisotopic (exact) mass is 672 g/mol. The zero-order valence-electron chi connectivity index (χ0n) is 27.9. The van der Waals surface area contributed by atoms with Crippen molar-refractivity contribution in [2.75, 3.05) is 64.9 Å². The number of ether oxygens (including phenoxy) is 2. The highest BCUT2D eigenvalue weighted by Crippen LogP contribution is 2.50. The summed E-state index contributed by atoms with van der Waals surface area (Å²) >= 11 is 6.42. The van der Waals surface area contributed by atoms with Gasteiger partial charge in [-0.15, -0.1) is 0 Å². The predicted octanol–water partition coefficient (Wildman–Crippen LogP) is 4.49. The summed E-state index contributed by atoms with van der Waals surface area (Å²) in [6, 6.07) is 12.1. The van der Waals surface area contributed by atoms with Crippen LogP contribution in [-0.4, -0.2) is 95.5 Å². The highest BCUT2D eigenvalue weighted by molar-refractivity contribution is 6.31. The van der Waals surface area contributed by atoms with Crippen LogP contribution in [-0.2, 0) is 23.3 Å². The molecule has 2 aromatic carbocycles. The molecular weight excluding hydrogens is 628 g/mol. The van der Waals surface area contributed by atoms with Crippen LogP contribution in [0.15, 0.2) is 48.9 Å². The number of rotatable bonds is 9. The number of nitrogens with two attached hydrogens (primary N) is 1. The summed E-state index contributed by atoms with van der Waals surface area (Å²) < 4.78 is 13.3. The Morgan fingerprint density at radius 2 is 1.77 bits per heavy atom. The molecule has 11 nitrogen and oxygen atoms in total. The quantitative estimate of drug-likeness (QED) is 0.275. The molecule has 254 valence electrons. The fraction of sp³-hybridized carbons (Fsp3) is 0.500. The Morgan fingerprint density at radius 3 is 2.50 bits per heavy atom. The molecule has 2 aromatic heterocycles. The van der Waals surface area contributed by atoms with Gasteiger partial charge >= 0.3 is 0 Å². The van der Waals surface area contributed by atoms with Crippen LogP contribution in [0.25, 0.3) is 11.0 Å². The predicted molar refractivity (Wildman–Crippen MR) is 187 cm³/mol. The summed E-state index contributed by atoms with van der Waals surface area (Å²) in [6.07, 6.45) is 8.97. The number of nitrogens with zero attached hydrogens (tertiary/aromatic N) is 7. The molecule has 0 atom stereocenters. The second-order valence-corrected chi connectivity index (χ2v) is 13.6. The van der Waals surface area contributed by atoms with Gasteiger partial charge in [-0.3, -0.25) is 9.69 Å². The molecule has 12 heteroatoms. The average molecular weight is 673 g/mol. The van der Waals surface area contributed by atoms with Gasteiger partial charge < -0.3 is 25.0 Å². The van der Waals surface area contributed by atoms with E-state index in [2.05, 4.69) is 41.9 Å². The molecule has 4 aromatic rings. The zero-order valence-corrected chi connectivity index (χ0v) is 28.7. The molecule has 1 saturated heterocycles. The van der Waals surface area contributed by atoms with Crippen molar-refractivity contribution in [1.82, 2.24) is 29.5 Å². The van der Waals surface area contributed by atoms with Crippen molar-refractivity contribution in [2.24, 2.45) is 11.7 Å². The number of benzene rings is 2. The van der Waals surface area contributed by atoms with Crippen molar-refractivity contribution in [1.29, 1.82) is 0 Å². The summed E-state index contributed by atoms with van der Waals surface area (Å²) in [4.78, 5) is 30.1. The summed E-state index contributed by atoms with van der Waals surface area (Å²) in [6.45, 7) is 5.91. The summed E-state index contributed by atoms with van der Waals surface area (Å²) in [5.74, 6) is 2.71. The van der Waals surface area contributed by atoms with Crippen LogP contribution < -0.4 is 20.1 Å². The molecule has 3 aliphatic rings. The van der Waals surface area contributed by atoms with Gasteiger partial charge in [0.25, 0.3) is 0 Å². The minimum absolute atomic E-state index is 0.0258. The second-order valence-electron chi connectivity index (χ2n) is 13.2. The van der Waals surface area contributed by atoms with E-state index in [1.54, 1.807) is 20.5 Å². The minimum atomic E-state index is -0.119. The first-order valence-electron chi connectivity index (χ1n) is 17.1. The SMILES string of the molecule is COc1cc2c(cc1OC)[C@]1(CC[C@H](C(=O)N3CCN(c4ncnc5c4cnn5Cc4ccccc4Cl)CC3)CC1)N(CCCN)CC2. The first kappa shape index (κ1) is 32.6. The lowest BCUT2D eigenvalue weighted by Crippen LogP contribution is -2.55. The first-order valence-corrected chi connectivity index (χ1v) is 17.5. The lowest BCUT2D eigenvalue weighted by Gasteiger charge is -2.52. The number of amides is 1. The maximum absolute atomic E-state index is 14.0. The molecule has 0 bridgehead atoms. The minimum Gasteiger partial charge on any atom is -0.493 e. The number of halogens is 1. The third kappa shape index (κ3) is 5.97. The van der Waals surface area contributed by atoms with Crippen LogP contribution >= 0.6 is 11.6 Å². The van der Waals surface area contributed by atoms with Gasteiger partial charge in [-0.25, -0.2) is 14.6 Å². The van der Waals surface area contributed by atoms with Gasteiger partial charge in [0.2, 0.25) is 5.91 Å². The van der Waals surface area contributed by atoms with Gasteiger partial charge in [0.15, 0.2) is 17.1 Å². The Bertz CT molecular complexity index is 1760. The third-order valence-electron chi connectivity index (χ3n) is 10.7. The number of hydrogen-bond acceptors (Lipinski definition) is 9. The highest BCUT2D eigenvalue weighted by atomic mass is 35.5. The molecule has 1 saturated carbocycles. The van der Waals surface area contributed by atoms with E-state index in [1.165, 1.54) is 11.1 Å². The van der Waals surface area contributed by atoms with E-state index in [9.17, 15) is 4.79 Å². The number of carbonyl (C=O) groups is 1. The zero-order chi connectivity index (χ0) is 33.3. The van der Waals surface area contributed by atoms with Gasteiger partial charge in [0.05, 0.1) is 32.3 Å². The van der Waals surface area contributed by atoms with Gasteiger partial charge in [-0.1, -0.05) is 29.8 Å². The van der Waals surface area contributed by atoms with E-state index in [0.29, 0.717) is 44.3 Å². The van der Waals surface area contributed by atoms with Crippen molar-refractivity contribution in [2.45, 2.75) is 50.6 Å². The van der Waals surface area contributed by atoms with Crippen molar-refractivity contribution in [3.8, 4) is 11.5 Å². The van der Waals surface area contributed by atoms with Crippen molar-refractivity contribution in [3.63, 3.8) is 0 Å². The Kier molecular flexibility index (Phi) is 9.44. The molecule has 0 unspecified atom stereocenters. The Labute approximate surface area is 287 Å².